The molecule has 1 amide bonds. The molecule has 8 heteroatoms. The first-order chi connectivity index (χ1) is 11.9. The fraction of sp³-hybridized carbons (Fsp3) is 0.353. The molecule has 1 saturated heterocycles. The Bertz CT molecular complexity index is 789. The third-order valence-corrected chi connectivity index (χ3v) is 5.16. The Labute approximate surface area is 154 Å². The van der Waals surface area contributed by atoms with Gasteiger partial charge in [0.25, 0.3) is 5.91 Å². The van der Waals surface area contributed by atoms with Crippen LogP contribution in [-0.4, -0.2) is 45.5 Å². The van der Waals surface area contributed by atoms with Gasteiger partial charge in [-0.1, -0.05) is 24.0 Å². The summed E-state index contributed by atoms with van der Waals surface area (Å²) in [5.74, 6) is -0.0622. The molecule has 0 aliphatic carbocycles. The van der Waals surface area contributed by atoms with Crippen LogP contribution >= 0.6 is 24.0 Å². The highest BCUT2D eigenvalue weighted by atomic mass is 32.2. The van der Waals surface area contributed by atoms with Gasteiger partial charge in [-0.25, -0.2) is 0 Å². The second kappa shape index (κ2) is 7.05. The minimum absolute atomic E-state index is 0.105. The molecule has 1 aromatic carbocycles. The van der Waals surface area contributed by atoms with E-state index in [9.17, 15) is 9.59 Å². The lowest BCUT2D eigenvalue weighted by Gasteiger charge is -2.11. The van der Waals surface area contributed by atoms with Crippen molar-refractivity contribution in [3.63, 3.8) is 0 Å². The highest BCUT2D eigenvalue weighted by molar-refractivity contribution is 8.26. The summed E-state index contributed by atoms with van der Waals surface area (Å²) in [6.45, 7) is 3.95. The van der Waals surface area contributed by atoms with Gasteiger partial charge in [-0.2, -0.15) is 0 Å². The van der Waals surface area contributed by atoms with Crippen LogP contribution in [0.2, 0.25) is 0 Å². The average molecular weight is 379 g/mol. The van der Waals surface area contributed by atoms with Gasteiger partial charge in [-0.3, -0.25) is 14.5 Å². The Hall–Kier alpha value is -2.06. The lowest BCUT2D eigenvalue weighted by atomic mass is 10.1. The van der Waals surface area contributed by atoms with Gasteiger partial charge < -0.3 is 14.6 Å². The van der Waals surface area contributed by atoms with Gasteiger partial charge in [0.2, 0.25) is 0 Å². The maximum absolute atomic E-state index is 12.4. The highest BCUT2D eigenvalue weighted by Crippen LogP contribution is 2.39. The summed E-state index contributed by atoms with van der Waals surface area (Å²) in [7, 11) is 0. The molecule has 6 nitrogen and oxygen atoms in total. The Kier molecular flexibility index (Phi) is 5.01. The third-order valence-electron chi connectivity index (χ3n) is 3.78. The lowest BCUT2D eigenvalue weighted by molar-refractivity contribution is -0.140. The summed E-state index contributed by atoms with van der Waals surface area (Å²) in [6, 6.07) is 3.79. The first kappa shape index (κ1) is 17.8. The zero-order chi connectivity index (χ0) is 18.1. The van der Waals surface area contributed by atoms with Gasteiger partial charge in [0.05, 0.1) is 11.5 Å². The van der Waals surface area contributed by atoms with Crippen LogP contribution in [0.3, 0.4) is 0 Å². The van der Waals surface area contributed by atoms with Crippen molar-refractivity contribution >= 4 is 46.3 Å². The number of thioether (sulfide) groups is 1. The van der Waals surface area contributed by atoms with Crippen molar-refractivity contribution in [1.82, 2.24) is 4.90 Å². The number of hydrogen-bond donors (Lipinski definition) is 1. The molecule has 1 fully saturated rings. The fourth-order valence-corrected chi connectivity index (χ4v) is 4.01. The zero-order valence-corrected chi connectivity index (χ0v) is 15.4. The minimum Gasteiger partial charge on any atom is -0.493 e. The zero-order valence-electron chi connectivity index (χ0n) is 13.8. The average Bonchev–Trinajstić information content (AvgIpc) is 3.01. The van der Waals surface area contributed by atoms with Gasteiger partial charge in [-0.15, -0.1) is 0 Å². The van der Waals surface area contributed by atoms with Crippen molar-refractivity contribution in [2.45, 2.75) is 26.4 Å². The molecule has 132 valence electrons. The second-order valence-corrected chi connectivity index (χ2v) is 7.40. The molecule has 1 N–H and O–H groups in total. The van der Waals surface area contributed by atoms with Gasteiger partial charge in [0.1, 0.15) is 28.5 Å². The summed E-state index contributed by atoms with van der Waals surface area (Å²) in [5, 5.41) is 8.91. The maximum atomic E-state index is 12.4. The fourth-order valence-electron chi connectivity index (χ4n) is 2.76. The van der Waals surface area contributed by atoms with Gasteiger partial charge in [0, 0.05) is 17.5 Å². The quantitative estimate of drug-likeness (QED) is 0.623. The number of ether oxygens (including phenoxy) is 2. The van der Waals surface area contributed by atoms with E-state index in [1.54, 1.807) is 6.08 Å². The molecule has 0 saturated carbocycles. The number of nitrogens with zero attached hydrogens (tertiary/aromatic N) is 1. The number of rotatable bonds is 5. The number of carbonyl (C=O) groups excluding carboxylic acids is 1. The first-order valence-electron chi connectivity index (χ1n) is 7.82. The van der Waals surface area contributed by atoms with E-state index in [0.717, 1.165) is 34.4 Å². The second-order valence-electron chi connectivity index (χ2n) is 5.72. The van der Waals surface area contributed by atoms with Gasteiger partial charge in [0.15, 0.2) is 0 Å². The van der Waals surface area contributed by atoms with Gasteiger partial charge in [-0.05, 0) is 32.1 Å². The van der Waals surface area contributed by atoms with E-state index in [2.05, 4.69) is 0 Å². The van der Waals surface area contributed by atoms with Crippen LogP contribution in [0.4, 0.5) is 0 Å². The lowest BCUT2D eigenvalue weighted by Crippen LogP contribution is -2.33. The number of carbonyl (C=O) groups is 2. The number of thiocarbonyl (C=S) groups is 1. The molecule has 0 spiro atoms. The predicted octanol–water partition coefficient (Wildman–Crippen LogP) is 2.69. The molecular formula is C17H17NO5S2. The standard InChI is InChI=1S/C17H17NO5S2/c1-3-22-12-5-10-4-9(2)23-13(10)6-11(12)7-14-16(21)18(8-15(19)20)17(24)25-14/h5-7,9H,3-4,8H2,1-2H3,(H,19,20)/b14-7-/t9-/m0/s1. The number of benzene rings is 1. The Morgan fingerprint density at radius 3 is 3.00 bits per heavy atom. The van der Waals surface area contributed by atoms with Crippen molar-refractivity contribution in [2.24, 2.45) is 0 Å². The summed E-state index contributed by atoms with van der Waals surface area (Å²) in [5.41, 5.74) is 1.79. The normalized spacial score (nSPS) is 20.8. The maximum Gasteiger partial charge on any atom is 0.323 e. The van der Waals surface area contributed by atoms with Crippen molar-refractivity contribution < 1.29 is 24.2 Å². The molecule has 2 aliphatic rings. The van der Waals surface area contributed by atoms with E-state index in [0.29, 0.717) is 22.8 Å². The van der Waals surface area contributed by atoms with Crippen molar-refractivity contribution in [3.05, 3.63) is 28.2 Å². The molecule has 25 heavy (non-hydrogen) atoms. The highest BCUT2D eigenvalue weighted by Gasteiger charge is 2.33. The van der Waals surface area contributed by atoms with Gasteiger partial charge >= 0.3 is 5.97 Å². The van der Waals surface area contributed by atoms with E-state index < -0.39 is 18.4 Å². The van der Waals surface area contributed by atoms with E-state index >= 15 is 0 Å². The molecule has 2 aliphatic heterocycles. The molecule has 0 aromatic heterocycles. The Balaban J connectivity index is 1.95. The van der Waals surface area contributed by atoms with Crippen molar-refractivity contribution in [3.8, 4) is 11.5 Å². The van der Waals surface area contributed by atoms with E-state index in [4.69, 9.17) is 26.8 Å². The SMILES string of the molecule is CCOc1cc2c(cc1/C=C1\SC(=S)N(CC(=O)O)C1=O)O[C@@H](C)C2. The molecular weight excluding hydrogens is 362 g/mol. The van der Waals surface area contributed by atoms with Crippen LogP contribution in [0.25, 0.3) is 6.08 Å². The number of carboxylic acid groups (broad SMARTS) is 1. The topological polar surface area (TPSA) is 76.1 Å². The summed E-state index contributed by atoms with van der Waals surface area (Å²) < 4.78 is 11.7. The van der Waals surface area contributed by atoms with Crippen LogP contribution < -0.4 is 9.47 Å². The monoisotopic (exact) mass is 379 g/mol. The predicted molar refractivity (Wildman–Crippen MR) is 98.9 cm³/mol. The van der Waals surface area contributed by atoms with E-state index in [-0.39, 0.29) is 10.4 Å². The smallest absolute Gasteiger partial charge is 0.323 e. The van der Waals surface area contributed by atoms with Crippen molar-refractivity contribution in [1.29, 1.82) is 0 Å². The third kappa shape index (κ3) is 3.64. The van der Waals surface area contributed by atoms with E-state index in [1.807, 2.05) is 26.0 Å². The number of fused-ring (bicyclic) bond motifs is 1. The first-order valence-corrected chi connectivity index (χ1v) is 9.05. The van der Waals surface area contributed by atoms with Crippen LogP contribution in [0.1, 0.15) is 25.0 Å². The Morgan fingerprint density at radius 1 is 1.56 bits per heavy atom. The summed E-state index contributed by atoms with van der Waals surface area (Å²) in [6.07, 6.45) is 2.60. The molecule has 0 radical (unpaired) electrons. The molecule has 0 unspecified atom stereocenters. The number of aliphatic carboxylic acids is 1. The Morgan fingerprint density at radius 2 is 2.32 bits per heavy atom. The van der Waals surface area contributed by atoms with Crippen molar-refractivity contribution in [2.75, 3.05) is 13.2 Å². The van der Waals surface area contributed by atoms with Crippen LogP contribution in [-0.2, 0) is 16.0 Å². The van der Waals surface area contributed by atoms with E-state index in [1.165, 1.54) is 0 Å². The summed E-state index contributed by atoms with van der Waals surface area (Å²) in [4.78, 5) is 24.8. The molecule has 2 heterocycles. The minimum atomic E-state index is -1.10. The molecule has 1 atom stereocenters. The largest absolute Gasteiger partial charge is 0.493 e. The van der Waals surface area contributed by atoms with Crippen LogP contribution in [0.5, 0.6) is 11.5 Å². The molecule has 1 aromatic rings. The van der Waals surface area contributed by atoms with Crippen LogP contribution in [0.15, 0.2) is 17.0 Å². The molecule has 0 bridgehead atoms. The number of carboxylic acids is 1. The summed E-state index contributed by atoms with van der Waals surface area (Å²) >= 11 is 6.20. The van der Waals surface area contributed by atoms with Crippen LogP contribution in [0, 0.1) is 0 Å². The number of hydrogen-bond acceptors (Lipinski definition) is 6. The number of amides is 1. The molecule has 3 rings (SSSR count).